The maximum atomic E-state index is 14.2. The van der Waals surface area contributed by atoms with Gasteiger partial charge in [-0.1, -0.05) is 0 Å². The molecule has 1 aromatic carbocycles. The van der Waals surface area contributed by atoms with Gasteiger partial charge in [0.05, 0.1) is 36.4 Å². The summed E-state index contributed by atoms with van der Waals surface area (Å²) in [7, 11) is 0. The van der Waals surface area contributed by atoms with Gasteiger partial charge in [0.2, 0.25) is 5.95 Å². The number of anilines is 3. The first-order valence-corrected chi connectivity index (χ1v) is 16.1. The van der Waals surface area contributed by atoms with Crippen LogP contribution in [0.3, 0.4) is 0 Å². The summed E-state index contributed by atoms with van der Waals surface area (Å²) in [5.41, 5.74) is 1.63. The Bertz CT molecular complexity index is 1500. The fourth-order valence-corrected chi connectivity index (χ4v) is 8.17. The van der Waals surface area contributed by atoms with Crippen LogP contribution in [0.1, 0.15) is 39.6 Å². The van der Waals surface area contributed by atoms with Crippen molar-refractivity contribution in [1.29, 1.82) is 0 Å². The summed E-state index contributed by atoms with van der Waals surface area (Å²) in [6.07, 6.45) is -1.85. The van der Waals surface area contributed by atoms with Crippen LogP contribution in [0.2, 0.25) is 0 Å². The Balaban J connectivity index is 1.24. The first kappa shape index (κ1) is 27.9. The number of aromatic nitrogens is 2. The number of nitrogens with one attached hydrogen (secondary N) is 2. The number of halogens is 3. The van der Waals surface area contributed by atoms with Gasteiger partial charge in [0.25, 0.3) is 5.91 Å². The number of thiophene rings is 1. The number of rotatable bonds is 6. The van der Waals surface area contributed by atoms with Crippen molar-refractivity contribution in [3.05, 3.63) is 46.5 Å². The summed E-state index contributed by atoms with van der Waals surface area (Å²) in [6.45, 7) is 4.74. The molecule has 0 radical (unpaired) electrons. The lowest BCUT2D eigenvalue weighted by atomic mass is 10.1. The monoisotopic (exact) mass is 618 g/mol. The van der Waals surface area contributed by atoms with Crippen molar-refractivity contribution in [2.75, 3.05) is 61.9 Å². The third-order valence-electron chi connectivity index (χ3n) is 8.09. The Morgan fingerprint density at radius 2 is 1.93 bits per heavy atom. The summed E-state index contributed by atoms with van der Waals surface area (Å²) in [6, 6.07) is 7.42. The smallest absolute Gasteiger partial charge is 0.420 e. The third kappa shape index (κ3) is 5.34. The van der Waals surface area contributed by atoms with Gasteiger partial charge >= 0.3 is 6.18 Å². The molecule has 14 heteroatoms. The maximum absolute atomic E-state index is 14.2. The number of hydrogen-bond donors (Lipinski definition) is 2. The van der Waals surface area contributed by atoms with E-state index in [1.54, 1.807) is 4.90 Å². The second-order valence-electron chi connectivity index (χ2n) is 10.9. The molecule has 0 spiro atoms. The normalized spacial score (nSPS) is 21.6. The van der Waals surface area contributed by atoms with E-state index in [0.717, 1.165) is 73.5 Å². The standard InChI is InChI=1S/C28H29F3N6O3S2/c29-28(30,31)20-13-33-27(34-21-4-3-17(11-19(21)16-1-2-16)36-7-5-32-6-8-36)35-24(20)22-12-23-25(41-22)26(38)37(9-10-42(23)39)18-14-40-15-18/h3-4,11-13,16,18,32H,1-2,5-10,14-15H2,(H,33,34,35). The number of amides is 1. The minimum Gasteiger partial charge on any atom is -0.611 e. The van der Waals surface area contributed by atoms with Crippen LogP contribution in [0.5, 0.6) is 0 Å². The van der Waals surface area contributed by atoms with Crippen molar-refractivity contribution >= 4 is 45.7 Å². The summed E-state index contributed by atoms with van der Waals surface area (Å²) in [5.74, 6) is 0.281. The molecule has 1 atom stereocenters. The number of carbonyl (C=O) groups excluding carboxylic acids is 1. The molecule has 2 aromatic heterocycles. The molecule has 2 N–H and O–H groups in total. The molecule has 0 bridgehead atoms. The van der Waals surface area contributed by atoms with E-state index in [2.05, 4.69) is 31.6 Å². The van der Waals surface area contributed by atoms with Crippen molar-refractivity contribution in [3.63, 3.8) is 0 Å². The van der Waals surface area contributed by atoms with Crippen LogP contribution in [-0.2, 0) is 22.1 Å². The number of piperazine rings is 1. The van der Waals surface area contributed by atoms with Crippen LogP contribution in [0.15, 0.2) is 35.4 Å². The predicted molar refractivity (Wildman–Crippen MR) is 154 cm³/mol. The average molecular weight is 619 g/mol. The SMILES string of the molecule is O=C1c2sc(-c3nc(Nc4ccc(N5CCNCC5)cc4C4CC4)ncc3C(F)(F)F)cc2[S+]([O-])CCN1C1COC1. The lowest BCUT2D eigenvalue weighted by Gasteiger charge is -2.35. The van der Waals surface area contributed by atoms with E-state index < -0.39 is 22.9 Å². The summed E-state index contributed by atoms with van der Waals surface area (Å²) >= 11 is -0.636. The van der Waals surface area contributed by atoms with Gasteiger partial charge < -0.3 is 29.7 Å². The van der Waals surface area contributed by atoms with Gasteiger partial charge in [-0.15, -0.1) is 11.3 Å². The molecule has 7 rings (SSSR count). The second kappa shape index (κ2) is 11.0. The van der Waals surface area contributed by atoms with Crippen molar-refractivity contribution in [3.8, 4) is 10.6 Å². The van der Waals surface area contributed by atoms with Gasteiger partial charge in [-0.25, -0.2) is 9.97 Å². The van der Waals surface area contributed by atoms with Gasteiger partial charge in [0, 0.05) is 49.8 Å². The quantitative estimate of drug-likeness (QED) is 0.396. The van der Waals surface area contributed by atoms with Crippen LogP contribution < -0.4 is 15.5 Å². The third-order valence-corrected chi connectivity index (χ3v) is 10.7. The second-order valence-corrected chi connectivity index (χ2v) is 13.5. The largest absolute Gasteiger partial charge is 0.611 e. The Morgan fingerprint density at radius 1 is 1.14 bits per heavy atom. The Hall–Kier alpha value is -2.91. The van der Waals surface area contributed by atoms with E-state index in [1.165, 1.54) is 6.07 Å². The van der Waals surface area contributed by atoms with Crippen molar-refractivity contribution < 1.29 is 27.3 Å². The van der Waals surface area contributed by atoms with E-state index in [1.807, 2.05) is 12.1 Å². The van der Waals surface area contributed by atoms with Gasteiger partial charge in [-0.05, 0) is 53.7 Å². The highest BCUT2D eigenvalue weighted by Crippen LogP contribution is 2.46. The average Bonchev–Trinajstić information content (AvgIpc) is 3.72. The van der Waals surface area contributed by atoms with E-state index >= 15 is 0 Å². The van der Waals surface area contributed by atoms with E-state index in [-0.39, 0.29) is 44.0 Å². The summed E-state index contributed by atoms with van der Waals surface area (Å²) in [5, 5.41) is 6.53. The van der Waals surface area contributed by atoms with Gasteiger partial charge in [-0.2, -0.15) is 13.2 Å². The molecule has 5 heterocycles. The van der Waals surface area contributed by atoms with Crippen LogP contribution in [0.4, 0.5) is 30.5 Å². The highest BCUT2D eigenvalue weighted by atomic mass is 32.2. The topological polar surface area (TPSA) is 106 Å². The molecule has 222 valence electrons. The Labute approximate surface area is 247 Å². The maximum Gasteiger partial charge on any atom is 0.420 e. The molecule has 9 nitrogen and oxygen atoms in total. The fourth-order valence-electron chi connectivity index (χ4n) is 5.56. The van der Waals surface area contributed by atoms with Crippen LogP contribution in [-0.4, -0.2) is 83.1 Å². The number of fused-ring (bicyclic) bond motifs is 1. The number of alkyl halides is 3. The summed E-state index contributed by atoms with van der Waals surface area (Å²) < 4.78 is 60.8. The molecule has 3 fully saturated rings. The Morgan fingerprint density at radius 3 is 2.62 bits per heavy atom. The molecule has 2 saturated heterocycles. The zero-order valence-electron chi connectivity index (χ0n) is 22.6. The van der Waals surface area contributed by atoms with Gasteiger partial charge in [0.1, 0.15) is 16.2 Å². The van der Waals surface area contributed by atoms with Crippen LogP contribution in [0, 0.1) is 0 Å². The highest BCUT2D eigenvalue weighted by molar-refractivity contribution is 7.91. The summed E-state index contributed by atoms with van der Waals surface area (Å²) in [4.78, 5) is 26.3. The number of benzene rings is 1. The zero-order valence-corrected chi connectivity index (χ0v) is 24.2. The molecule has 1 unspecified atom stereocenters. The molecule has 4 aliphatic rings. The number of hydrogen-bond acceptors (Lipinski definition) is 9. The fraction of sp³-hybridized carbons (Fsp3) is 0.464. The predicted octanol–water partition coefficient (Wildman–Crippen LogP) is 4.22. The minimum absolute atomic E-state index is 0.0270. The van der Waals surface area contributed by atoms with Gasteiger partial charge in [-0.3, -0.25) is 4.79 Å². The van der Waals surface area contributed by atoms with E-state index in [9.17, 15) is 22.5 Å². The van der Waals surface area contributed by atoms with Crippen LogP contribution in [0.25, 0.3) is 10.6 Å². The van der Waals surface area contributed by atoms with Crippen molar-refractivity contribution in [1.82, 2.24) is 20.2 Å². The molecule has 42 heavy (non-hydrogen) atoms. The molecule has 1 aliphatic carbocycles. The first-order chi connectivity index (χ1) is 20.3. The lowest BCUT2D eigenvalue weighted by molar-refractivity contribution is -0.137. The number of ether oxygens (including phenoxy) is 1. The van der Waals surface area contributed by atoms with Crippen molar-refractivity contribution in [2.45, 2.75) is 35.9 Å². The molecular formula is C28H29F3N6O3S2. The molecule has 1 amide bonds. The van der Waals surface area contributed by atoms with E-state index in [0.29, 0.717) is 25.7 Å². The zero-order chi connectivity index (χ0) is 29.0. The molecule has 1 saturated carbocycles. The molecular weight excluding hydrogens is 589 g/mol. The molecule has 3 aliphatic heterocycles. The number of carbonyl (C=O) groups is 1. The molecule has 3 aromatic rings. The lowest BCUT2D eigenvalue weighted by Crippen LogP contribution is -2.52. The minimum atomic E-state index is -4.72. The van der Waals surface area contributed by atoms with Crippen molar-refractivity contribution in [2.24, 2.45) is 0 Å². The van der Waals surface area contributed by atoms with Gasteiger partial charge in [0.15, 0.2) is 4.90 Å². The first-order valence-electron chi connectivity index (χ1n) is 14.0. The number of nitrogens with zero attached hydrogens (tertiary/aromatic N) is 4. The highest BCUT2D eigenvalue weighted by Gasteiger charge is 2.41. The van der Waals surface area contributed by atoms with E-state index in [4.69, 9.17) is 4.74 Å². The Kier molecular flexibility index (Phi) is 7.29. The van der Waals surface area contributed by atoms with Crippen LogP contribution >= 0.6 is 11.3 Å².